The number of likely N-dealkylation sites (N-methyl/N-ethyl adjacent to an activating group) is 1. The summed E-state index contributed by atoms with van der Waals surface area (Å²) in [4.78, 5) is 4.05. The number of nitrogens with zero attached hydrogens (tertiary/aromatic N) is 1. The Labute approximate surface area is 114 Å². The van der Waals surface area contributed by atoms with Crippen molar-refractivity contribution < 1.29 is 4.74 Å². The van der Waals surface area contributed by atoms with Crippen LogP contribution in [0.5, 0.6) is 5.75 Å². The second-order valence-corrected chi connectivity index (χ2v) is 4.35. The van der Waals surface area contributed by atoms with Crippen LogP contribution in [0.4, 0.5) is 0 Å². The van der Waals surface area contributed by atoms with Crippen molar-refractivity contribution in [1.29, 1.82) is 0 Å². The zero-order chi connectivity index (χ0) is 13.3. The minimum absolute atomic E-state index is 0.591. The van der Waals surface area contributed by atoms with Crippen LogP contribution in [-0.2, 0) is 13.0 Å². The molecule has 0 aliphatic heterocycles. The predicted octanol–water partition coefficient (Wildman–Crippen LogP) is 2.81. The molecule has 19 heavy (non-hydrogen) atoms. The van der Waals surface area contributed by atoms with Crippen LogP contribution < -0.4 is 10.1 Å². The van der Waals surface area contributed by atoms with Crippen molar-refractivity contribution in [1.82, 2.24) is 10.3 Å². The molecule has 3 heteroatoms. The highest BCUT2D eigenvalue weighted by atomic mass is 16.5. The van der Waals surface area contributed by atoms with Gasteiger partial charge in [0.15, 0.2) is 0 Å². The highest BCUT2D eigenvalue weighted by molar-refractivity contribution is 5.27. The van der Waals surface area contributed by atoms with E-state index >= 15 is 0 Å². The second-order valence-electron chi connectivity index (χ2n) is 4.35. The van der Waals surface area contributed by atoms with Crippen LogP contribution in [0.2, 0.25) is 0 Å². The molecule has 2 aromatic rings. The fourth-order valence-corrected chi connectivity index (χ4v) is 1.94. The van der Waals surface area contributed by atoms with Crippen LogP contribution in [-0.4, -0.2) is 18.1 Å². The Hall–Kier alpha value is -1.87. The zero-order valence-corrected chi connectivity index (χ0v) is 11.3. The van der Waals surface area contributed by atoms with Gasteiger partial charge >= 0.3 is 0 Å². The van der Waals surface area contributed by atoms with Crippen LogP contribution in [0, 0.1) is 0 Å². The fourth-order valence-electron chi connectivity index (χ4n) is 1.94. The third kappa shape index (κ3) is 4.38. The molecular weight excluding hydrogens is 236 g/mol. The first-order valence-corrected chi connectivity index (χ1v) is 6.70. The first kappa shape index (κ1) is 13.6. The summed E-state index contributed by atoms with van der Waals surface area (Å²) in [7, 11) is 0. The van der Waals surface area contributed by atoms with E-state index in [0.717, 1.165) is 25.3 Å². The quantitative estimate of drug-likeness (QED) is 0.773. The van der Waals surface area contributed by atoms with Crippen LogP contribution in [0.15, 0.2) is 48.8 Å². The largest absolute Gasteiger partial charge is 0.487 e. The summed E-state index contributed by atoms with van der Waals surface area (Å²) in [5.41, 5.74) is 2.58. The summed E-state index contributed by atoms with van der Waals surface area (Å²) in [5, 5.41) is 3.35. The van der Waals surface area contributed by atoms with E-state index in [4.69, 9.17) is 4.74 Å². The molecule has 0 saturated carbocycles. The predicted molar refractivity (Wildman–Crippen MR) is 77.3 cm³/mol. The van der Waals surface area contributed by atoms with E-state index in [1.165, 1.54) is 11.1 Å². The van der Waals surface area contributed by atoms with Gasteiger partial charge in [-0.05, 0) is 42.8 Å². The summed E-state index contributed by atoms with van der Waals surface area (Å²) in [6, 6.07) is 12.2. The lowest BCUT2D eigenvalue weighted by Gasteiger charge is -2.11. The number of rotatable bonds is 7. The third-order valence-corrected chi connectivity index (χ3v) is 2.97. The monoisotopic (exact) mass is 256 g/mol. The van der Waals surface area contributed by atoms with Crippen molar-refractivity contribution in [3.8, 4) is 5.75 Å². The molecule has 0 unspecified atom stereocenters. The Morgan fingerprint density at radius 3 is 2.68 bits per heavy atom. The van der Waals surface area contributed by atoms with Crippen LogP contribution >= 0.6 is 0 Å². The van der Waals surface area contributed by atoms with E-state index in [2.05, 4.69) is 41.5 Å². The molecule has 2 rings (SSSR count). The molecule has 0 radical (unpaired) electrons. The van der Waals surface area contributed by atoms with Gasteiger partial charge in [0.05, 0.1) is 6.20 Å². The van der Waals surface area contributed by atoms with E-state index in [9.17, 15) is 0 Å². The number of hydrogen-bond donors (Lipinski definition) is 1. The average molecular weight is 256 g/mol. The van der Waals surface area contributed by atoms with Gasteiger partial charge in [0.25, 0.3) is 0 Å². The van der Waals surface area contributed by atoms with Gasteiger partial charge in [-0.25, -0.2) is 0 Å². The first-order valence-electron chi connectivity index (χ1n) is 6.70. The van der Waals surface area contributed by atoms with Crippen LogP contribution in [0.1, 0.15) is 18.1 Å². The second kappa shape index (κ2) is 7.54. The van der Waals surface area contributed by atoms with Gasteiger partial charge in [0.1, 0.15) is 12.4 Å². The van der Waals surface area contributed by atoms with Crippen LogP contribution in [0.25, 0.3) is 0 Å². The minimum Gasteiger partial charge on any atom is -0.487 e. The zero-order valence-electron chi connectivity index (χ0n) is 11.3. The van der Waals surface area contributed by atoms with Gasteiger partial charge in [-0.2, -0.15) is 0 Å². The van der Waals surface area contributed by atoms with Gasteiger partial charge in [0, 0.05) is 6.20 Å². The van der Waals surface area contributed by atoms with Crippen molar-refractivity contribution in [2.45, 2.75) is 20.0 Å². The fraction of sp³-hybridized carbons (Fsp3) is 0.312. The molecule has 0 amide bonds. The molecule has 0 fully saturated rings. The lowest BCUT2D eigenvalue weighted by molar-refractivity contribution is 0.303. The maximum atomic E-state index is 5.76. The van der Waals surface area contributed by atoms with Gasteiger partial charge in [0.2, 0.25) is 0 Å². The summed E-state index contributed by atoms with van der Waals surface area (Å²) in [5.74, 6) is 0.809. The molecule has 1 aromatic heterocycles. The Morgan fingerprint density at radius 1 is 1.11 bits per heavy atom. The van der Waals surface area contributed by atoms with Gasteiger partial charge in [-0.3, -0.25) is 4.98 Å². The molecule has 0 bridgehead atoms. The molecule has 1 aromatic carbocycles. The Kier molecular flexibility index (Phi) is 5.38. The standard InChI is InChI=1S/C16H20N2O/c1-2-17-11-9-14-6-3-4-7-15(14)13-19-16-8-5-10-18-12-16/h3-8,10,12,17H,2,9,11,13H2,1H3. The smallest absolute Gasteiger partial charge is 0.138 e. The molecule has 100 valence electrons. The highest BCUT2D eigenvalue weighted by Crippen LogP contribution is 2.14. The normalized spacial score (nSPS) is 10.4. The number of ether oxygens (including phenoxy) is 1. The third-order valence-electron chi connectivity index (χ3n) is 2.97. The maximum absolute atomic E-state index is 5.76. The SMILES string of the molecule is CCNCCc1ccccc1COc1cccnc1. The van der Waals surface area contributed by atoms with Gasteiger partial charge in [-0.1, -0.05) is 31.2 Å². The molecular formula is C16H20N2O. The minimum atomic E-state index is 0.591. The highest BCUT2D eigenvalue weighted by Gasteiger charge is 2.02. The van der Waals surface area contributed by atoms with E-state index in [0.29, 0.717) is 6.61 Å². The number of benzene rings is 1. The Bertz CT molecular complexity index is 485. The summed E-state index contributed by atoms with van der Waals surface area (Å²) in [6.07, 6.45) is 4.51. The van der Waals surface area contributed by atoms with Crippen molar-refractivity contribution in [3.63, 3.8) is 0 Å². The lowest BCUT2D eigenvalue weighted by atomic mass is 10.1. The van der Waals surface area contributed by atoms with E-state index in [1.807, 2.05) is 12.1 Å². The number of hydrogen-bond acceptors (Lipinski definition) is 3. The molecule has 0 aliphatic rings. The number of nitrogens with one attached hydrogen (secondary N) is 1. The van der Waals surface area contributed by atoms with Crippen molar-refractivity contribution in [3.05, 3.63) is 59.9 Å². The molecule has 1 heterocycles. The number of pyridine rings is 1. The molecule has 0 aliphatic carbocycles. The lowest BCUT2D eigenvalue weighted by Crippen LogP contribution is -2.17. The molecule has 0 atom stereocenters. The van der Waals surface area contributed by atoms with Crippen LogP contribution in [0.3, 0.4) is 0 Å². The average Bonchev–Trinajstić information content (AvgIpc) is 2.48. The van der Waals surface area contributed by atoms with Crippen molar-refractivity contribution in [2.75, 3.05) is 13.1 Å². The van der Waals surface area contributed by atoms with Crippen molar-refractivity contribution in [2.24, 2.45) is 0 Å². The van der Waals surface area contributed by atoms with Gasteiger partial charge < -0.3 is 10.1 Å². The molecule has 3 nitrogen and oxygen atoms in total. The molecule has 0 saturated heterocycles. The summed E-state index contributed by atoms with van der Waals surface area (Å²) >= 11 is 0. The van der Waals surface area contributed by atoms with E-state index in [1.54, 1.807) is 12.4 Å². The van der Waals surface area contributed by atoms with Gasteiger partial charge in [-0.15, -0.1) is 0 Å². The molecule has 1 N–H and O–H groups in total. The Morgan fingerprint density at radius 2 is 1.95 bits per heavy atom. The van der Waals surface area contributed by atoms with Crippen molar-refractivity contribution >= 4 is 0 Å². The Balaban J connectivity index is 1.95. The maximum Gasteiger partial charge on any atom is 0.138 e. The summed E-state index contributed by atoms with van der Waals surface area (Å²) in [6.45, 7) is 4.72. The molecule has 0 spiro atoms. The number of aromatic nitrogens is 1. The topological polar surface area (TPSA) is 34.1 Å². The van der Waals surface area contributed by atoms with E-state index in [-0.39, 0.29) is 0 Å². The first-order chi connectivity index (χ1) is 9.40. The summed E-state index contributed by atoms with van der Waals surface area (Å²) < 4.78 is 5.76. The van der Waals surface area contributed by atoms with E-state index < -0.39 is 0 Å².